The third-order valence-corrected chi connectivity index (χ3v) is 1.41. The molecule has 60 valence electrons. The maximum atomic E-state index is 11.0. The van der Waals surface area contributed by atoms with E-state index in [0.717, 1.165) is 0 Å². The number of aromatic amines is 2. The Morgan fingerprint density at radius 3 is 2.92 bits per heavy atom. The van der Waals surface area contributed by atoms with E-state index >= 15 is 0 Å². The number of rotatable bonds is 0. The van der Waals surface area contributed by atoms with Crippen molar-refractivity contribution in [2.24, 2.45) is 0 Å². The van der Waals surface area contributed by atoms with Crippen LogP contribution in [0, 0.1) is 0 Å². The van der Waals surface area contributed by atoms with Gasteiger partial charge in [-0.25, -0.2) is 4.79 Å². The van der Waals surface area contributed by atoms with Crippen LogP contribution in [0.25, 0.3) is 11.0 Å². The largest absolute Gasteiger partial charge is 0.326 e. The molecule has 6 nitrogen and oxygen atoms in total. The molecule has 0 unspecified atom stereocenters. The second-order valence-electron chi connectivity index (χ2n) is 2.20. The first-order chi connectivity index (χ1) is 5.77. The third kappa shape index (κ3) is 0.895. The number of hydrogen-bond donors (Lipinski definition) is 2. The van der Waals surface area contributed by atoms with Gasteiger partial charge in [0, 0.05) is 0 Å². The summed E-state index contributed by atoms with van der Waals surface area (Å²) in [4.78, 5) is 26.2. The van der Waals surface area contributed by atoms with Crippen molar-refractivity contribution in [3.05, 3.63) is 33.1 Å². The SMILES string of the molecule is O=c1[nH]c(=O)c2nnccc2[nH]1. The monoisotopic (exact) mass is 164 g/mol. The van der Waals surface area contributed by atoms with Crippen LogP contribution in [-0.2, 0) is 0 Å². The average Bonchev–Trinajstić information content (AvgIpc) is 2.04. The van der Waals surface area contributed by atoms with Gasteiger partial charge >= 0.3 is 5.69 Å². The lowest BCUT2D eigenvalue weighted by Crippen LogP contribution is -2.22. The fraction of sp³-hybridized carbons (Fsp3) is 0. The van der Waals surface area contributed by atoms with Crippen LogP contribution in [0.15, 0.2) is 21.9 Å². The number of nitrogens with zero attached hydrogens (tertiary/aromatic N) is 2. The molecule has 2 heterocycles. The van der Waals surface area contributed by atoms with E-state index in [9.17, 15) is 9.59 Å². The van der Waals surface area contributed by atoms with Crippen LogP contribution in [0.4, 0.5) is 0 Å². The molecule has 2 aromatic rings. The zero-order valence-corrected chi connectivity index (χ0v) is 5.87. The second kappa shape index (κ2) is 2.26. The van der Waals surface area contributed by atoms with Crippen molar-refractivity contribution in [1.29, 1.82) is 0 Å². The van der Waals surface area contributed by atoms with Gasteiger partial charge in [-0.1, -0.05) is 0 Å². The molecule has 2 rings (SSSR count). The molecule has 0 saturated carbocycles. The molecule has 12 heavy (non-hydrogen) atoms. The summed E-state index contributed by atoms with van der Waals surface area (Å²) in [6, 6.07) is 1.51. The van der Waals surface area contributed by atoms with Crippen LogP contribution in [0.3, 0.4) is 0 Å². The molecule has 0 spiro atoms. The Labute approximate surface area is 65.3 Å². The van der Waals surface area contributed by atoms with Crippen LogP contribution in [-0.4, -0.2) is 20.2 Å². The van der Waals surface area contributed by atoms with Crippen LogP contribution in [0.1, 0.15) is 0 Å². The van der Waals surface area contributed by atoms with Gasteiger partial charge in [0.05, 0.1) is 11.7 Å². The fourth-order valence-electron chi connectivity index (χ4n) is 0.916. The van der Waals surface area contributed by atoms with Crippen molar-refractivity contribution < 1.29 is 0 Å². The number of H-pyrrole nitrogens is 2. The van der Waals surface area contributed by atoms with Crippen molar-refractivity contribution in [3.8, 4) is 0 Å². The summed E-state index contributed by atoms with van der Waals surface area (Å²) in [5.41, 5.74) is -0.543. The Kier molecular flexibility index (Phi) is 1.26. The average molecular weight is 164 g/mol. The maximum absolute atomic E-state index is 11.0. The highest BCUT2D eigenvalue weighted by atomic mass is 16.2. The quantitative estimate of drug-likeness (QED) is 0.522. The predicted molar refractivity (Wildman–Crippen MR) is 40.8 cm³/mol. The molecule has 0 aliphatic carbocycles. The van der Waals surface area contributed by atoms with Gasteiger partial charge in [0.15, 0.2) is 5.52 Å². The predicted octanol–water partition coefficient (Wildman–Crippen LogP) is -0.994. The van der Waals surface area contributed by atoms with E-state index in [-0.39, 0.29) is 5.52 Å². The molecular weight excluding hydrogens is 160 g/mol. The summed E-state index contributed by atoms with van der Waals surface area (Å²) in [6.07, 6.45) is 1.40. The fourth-order valence-corrected chi connectivity index (χ4v) is 0.916. The molecule has 0 atom stereocenters. The van der Waals surface area contributed by atoms with Crippen molar-refractivity contribution in [2.45, 2.75) is 0 Å². The normalized spacial score (nSPS) is 10.3. The van der Waals surface area contributed by atoms with Gasteiger partial charge < -0.3 is 4.98 Å². The first kappa shape index (κ1) is 6.71. The lowest BCUT2D eigenvalue weighted by Gasteiger charge is -1.90. The minimum atomic E-state index is -0.541. The number of nitrogens with one attached hydrogen (secondary N) is 2. The van der Waals surface area contributed by atoms with E-state index in [4.69, 9.17) is 0 Å². The highest BCUT2D eigenvalue weighted by Crippen LogP contribution is 1.94. The molecule has 0 aliphatic heterocycles. The van der Waals surface area contributed by atoms with Crippen molar-refractivity contribution in [1.82, 2.24) is 20.2 Å². The molecule has 0 aliphatic rings. The summed E-state index contributed by atoms with van der Waals surface area (Å²) in [6.45, 7) is 0. The first-order valence-corrected chi connectivity index (χ1v) is 3.21. The highest BCUT2D eigenvalue weighted by molar-refractivity contribution is 5.70. The van der Waals surface area contributed by atoms with E-state index in [0.29, 0.717) is 5.52 Å². The van der Waals surface area contributed by atoms with Crippen molar-refractivity contribution >= 4 is 11.0 Å². The highest BCUT2D eigenvalue weighted by Gasteiger charge is 1.99. The van der Waals surface area contributed by atoms with Crippen molar-refractivity contribution in [2.75, 3.05) is 0 Å². The summed E-state index contributed by atoms with van der Waals surface area (Å²) >= 11 is 0. The number of hydrogen-bond acceptors (Lipinski definition) is 4. The Morgan fingerprint density at radius 1 is 1.25 bits per heavy atom. The minimum absolute atomic E-state index is 0.136. The topological polar surface area (TPSA) is 91.5 Å². The lowest BCUT2D eigenvalue weighted by atomic mass is 10.4. The Bertz CT molecular complexity index is 527. The molecule has 2 aromatic heterocycles. The lowest BCUT2D eigenvalue weighted by molar-refractivity contribution is 1.01. The molecule has 2 N–H and O–H groups in total. The van der Waals surface area contributed by atoms with Crippen LogP contribution >= 0.6 is 0 Å². The molecule has 0 aromatic carbocycles. The number of fused-ring (bicyclic) bond motifs is 1. The zero-order chi connectivity index (χ0) is 8.55. The van der Waals surface area contributed by atoms with Crippen molar-refractivity contribution in [3.63, 3.8) is 0 Å². The van der Waals surface area contributed by atoms with Gasteiger partial charge in [-0.2, -0.15) is 5.10 Å². The molecule has 0 radical (unpaired) electrons. The van der Waals surface area contributed by atoms with Crippen LogP contribution in [0.2, 0.25) is 0 Å². The summed E-state index contributed by atoms with van der Waals surface area (Å²) in [7, 11) is 0. The molecule has 0 amide bonds. The molecule has 6 heteroatoms. The summed E-state index contributed by atoms with van der Waals surface area (Å²) < 4.78 is 0. The van der Waals surface area contributed by atoms with Gasteiger partial charge in [-0.05, 0) is 6.07 Å². The third-order valence-electron chi connectivity index (χ3n) is 1.41. The van der Waals surface area contributed by atoms with Gasteiger partial charge in [0.25, 0.3) is 5.56 Å². The van der Waals surface area contributed by atoms with Gasteiger partial charge in [0.1, 0.15) is 0 Å². The molecule has 0 fully saturated rings. The van der Waals surface area contributed by atoms with E-state index in [2.05, 4.69) is 15.2 Å². The Hall–Kier alpha value is -1.98. The zero-order valence-electron chi connectivity index (χ0n) is 5.87. The van der Waals surface area contributed by atoms with E-state index < -0.39 is 11.2 Å². The Morgan fingerprint density at radius 2 is 2.08 bits per heavy atom. The maximum Gasteiger partial charge on any atom is 0.326 e. The molecular formula is C6H4N4O2. The van der Waals surface area contributed by atoms with Crippen LogP contribution in [0.5, 0.6) is 0 Å². The van der Waals surface area contributed by atoms with Gasteiger partial charge in [-0.15, -0.1) is 5.10 Å². The number of aromatic nitrogens is 4. The first-order valence-electron chi connectivity index (χ1n) is 3.21. The van der Waals surface area contributed by atoms with Gasteiger partial charge in [-0.3, -0.25) is 9.78 Å². The van der Waals surface area contributed by atoms with E-state index in [1.165, 1.54) is 12.3 Å². The minimum Gasteiger partial charge on any atom is -0.305 e. The molecule has 0 bridgehead atoms. The Balaban J connectivity index is 3.09. The van der Waals surface area contributed by atoms with Gasteiger partial charge in [0.2, 0.25) is 0 Å². The summed E-state index contributed by atoms with van der Waals surface area (Å²) in [5.74, 6) is 0. The van der Waals surface area contributed by atoms with E-state index in [1.807, 2.05) is 4.98 Å². The molecule has 0 saturated heterocycles. The van der Waals surface area contributed by atoms with E-state index in [1.54, 1.807) is 0 Å². The standard InChI is InChI=1S/C6H4N4O2/c11-5-4-3(1-2-7-10-4)8-6(12)9-5/h1-2H,(H2,8,9,11,12). The smallest absolute Gasteiger partial charge is 0.305 e. The second-order valence-corrected chi connectivity index (χ2v) is 2.20. The van der Waals surface area contributed by atoms with Crippen LogP contribution < -0.4 is 11.2 Å². The summed E-state index contributed by atoms with van der Waals surface area (Å²) in [5, 5.41) is 7.07.